The Hall–Kier alpha value is -0.610. The van der Waals surface area contributed by atoms with Gasteiger partial charge in [0.15, 0.2) is 0 Å². The van der Waals surface area contributed by atoms with Crippen LogP contribution in [0.4, 0.5) is 0 Å². The van der Waals surface area contributed by atoms with Crippen LogP contribution in [0.15, 0.2) is 0 Å². The summed E-state index contributed by atoms with van der Waals surface area (Å²) in [5.41, 5.74) is 6.21. The highest BCUT2D eigenvalue weighted by Crippen LogP contribution is 2.34. The summed E-state index contributed by atoms with van der Waals surface area (Å²) in [6, 6.07) is 0.742. The average Bonchev–Trinajstić information content (AvgIpc) is 2.93. The van der Waals surface area contributed by atoms with E-state index in [9.17, 15) is 4.79 Å². The van der Waals surface area contributed by atoms with Crippen molar-refractivity contribution in [1.82, 2.24) is 9.80 Å². The van der Waals surface area contributed by atoms with Crippen molar-refractivity contribution in [1.29, 1.82) is 0 Å². The van der Waals surface area contributed by atoms with Gasteiger partial charge in [0.25, 0.3) is 0 Å². The van der Waals surface area contributed by atoms with E-state index >= 15 is 0 Å². The topological polar surface area (TPSA) is 49.6 Å². The summed E-state index contributed by atoms with van der Waals surface area (Å²) in [5, 5.41) is 0. The fraction of sp³-hybridized carbons (Fsp3) is 0.941. The summed E-state index contributed by atoms with van der Waals surface area (Å²) in [5.74, 6) is 1.53. The Morgan fingerprint density at radius 1 is 1.19 bits per heavy atom. The number of likely N-dealkylation sites (tertiary alicyclic amines) is 1. The molecule has 0 aromatic carbocycles. The molecule has 1 amide bonds. The Kier molecular flexibility index (Phi) is 5.67. The van der Waals surface area contributed by atoms with Crippen LogP contribution in [0.3, 0.4) is 0 Å². The van der Waals surface area contributed by atoms with Crippen LogP contribution in [0.2, 0.25) is 0 Å². The number of hydrogen-bond donors (Lipinski definition) is 1. The van der Waals surface area contributed by atoms with Crippen LogP contribution >= 0.6 is 0 Å². The van der Waals surface area contributed by atoms with Crippen molar-refractivity contribution < 1.29 is 4.79 Å². The van der Waals surface area contributed by atoms with E-state index in [2.05, 4.69) is 37.5 Å². The van der Waals surface area contributed by atoms with Gasteiger partial charge in [-0.2, -0.15) is 0 Å². The first-order valence-electron chi connectivity index (χ1n) is 8.76. The lowest BCUT2D eigenvalue weighted by molar-refractivity contribution is -0.138. The summed E-state index contributed by atoms with van der Waals surface area (Å²) in [6.45, 7) is 12.8. The molecule has 1 heterocycles. The molecule has 0 radical (unpaired) electrons. The SMILES string of the molecule is CCN(CC)C1CCN(C(=O)C2CC(N)C(C)CC2C)C1. The molecule has 122 valence electrons. The molecule has 0 aromatic heterocycles. The van der Waals surface area contributed by atoms with Gasteiger partial charge in [-0.05, 0) is 44.2 Å². The van der Waals surface area contributed by atoms with Crippen LogP contribution in [-0.4, -0.2) is 54.0 Å². The Bertz CT molecular complexity index is 356. The van der Waals surface area contributed by atoms with E-state index in [-0.39, 0.29) is 12.0 Å². The molecule has 1 saturated heterocycles. The van der Waals surface area contributed by atoms with Crippen molar-refractivity contribution in [2.75, 3.05) is 26.2 Å². The smallest absolute Gasteiger partial charge is 0.226 e. The van der Waals surface area contributed by atoms with E-state index < -0.39 is 0 Å². The second-order valence-corrected chi connectivity index (χ2v) is 7.14. The molecule has 5 atom stereocenters. The van der Waals surface area contributed by atoms with Crippen molar-refractivity contribution in [2.24, 2.45) is 23.5 Å². The van der Waals surface area contributed by atoms with Crippen molar-refractivity contribution in [2.45, 2.75) is 59.0 Å². The van der Waals surface area contributed by atoms with Crippen LogP contribution in [0, 0.1) is 17.8 Å². The molecule has 1 saturated carbocycles. The largest absolute Gasteiger partial charge is 0.341 e. The highest BCUT2D eigenvalue weighted by atomic mass is 16.2. The van der Waals surface area contributed by atoms with E-state index in [4.69, 9.17) is 5.73 Å². The Morgan fingerprint density at radius 2 is 1.86 bits per heavy atom. The molecule has 21 heavy (non-hydrogen) atoms. The normalized spacial score (nSPS) is 37.2. The molecule has 0 bridgehead atoms. The summed E-state index contributed by atoms with van der Waals surface area (Å²) in [7, 11) is 0. The summed E-state index contributed by atoms with van der Waals surface area (Å²) in [6.07, 6.45) is 3.08. The van der Waals surface area contributed by atoms with E-state index in [1.54, 1.807) is 0 Å². The number of carbonyl (C=O) groups is 1. The lowest BCUT2D eigenvalue weighted by atomic mass is 9.72. The van der Waals surface area contributed by atoms with Crippen molar-refractivity contribution >= 4 is 5.91 Å². The van der Waals surface area contributed by atoms with Gasteiger partial charge in [0.1, 0.15) is 0 Å². The van der Waals surface area contributed by atoms with E-state index in [0.29, 0.717) is 23.8 Å². The molecule has 2 rings (SSSR count). The second-order valence-electron chi connectivity index (χ2n) is 7.14. The van der Waals surface area contributed by atoms with Crippen LogP contribution in [0.1, 0.15) is 47.0 Å². The predicted molar refractivity (Wildman–Crippen MR) is 86.9 cm³/mol. The number of likely N-dealkylation sites (N-methyl/N-ethyl adjacent to an activating group) is 1. The summed E-state index contributed by atoms with van der Waals surface area (Å²) >= 11 is 0. The van der Waals surface area contributed by atoms with E-state index in [1.165, 1.54) is 0 Å². The van der Waals surface area contributed by atoms with Gasteiger partial charge in [-0.25, -0.2) is 0 Å². The summed E-state index contributed by atoms with van der Waals surface area (Å²) < 4.78 is 0. The monoisotopic (exact) mass is 295 g/mol. The van der Waals surface area contributed by atoms with E-state index in [0.717, 1.165) is 45.4 Å². The third-order valence-corrected chi connectivity index (χ3v) is 5.81. The lowest BCUT2D eigenvalue weighted by Gasteiger charge is -2.38. The standard InChI is InChI=1S/C17H33N3O/c1-5-19(6-2)14-7-8-20(11-14)17(21)15-10-16(18)13(4)9-12(15)3/h12-16H,5-11,18H2,1-4H3. The minimum atomic E-state index is 0.145. The lowest BCUT2D eigenvalue weighted by Crippen LogP contribution is -2.47. The van der Waals surface area contributed by atoms with Crippen molar-refractivity contribution in [3.8, 4) is 0 Å². The predicted octanol–water partition coefficient (Wildman–Crippen LogP) is 1.94. The zero-order chi connectivity index (χ0) is 15.6. The molecule has 2 fully saturated rings. The number of carbonyl (C=O) groups excluding carboxylic acids is 1. The number of hydrogen-bond acceptors (Lipinski definition) is 3. The third-order valence-electron chi connectivity index (χ3n) is 5.81. The number of rotatable bonds is 4. The molecule has 1 aliphatic heterocycles. The van der Waals surface area contributed by atoms with Gasteiger partial charge in [0.2, 0.25) is 5.91 Å². The van der Waals surface area contributed by atoms with Gasteiger partial charge in [0.05, 0.1) is 0 Å². The molecule has 2 N–H and O–H groups in total. The van der Waals surface area contributed by atoms with Crippen LogP contribution in [0.5, 0.6) is 0 Å². The first-order chi connectivity index (χ1) is 9.97. The molecule has 4 nitrogen and oxygen atoms in total. The van der Waals surface area contributed by atoms with Crippen LogP contribution < -0.4 is 5.73 Å². The van der Waals surface area contributed by atoms with Crippen molar-refractivity contribution in [3.05, 3.63) is 0 Å². The van der Waals surface area contributed by atoms with Gasteiger partial charge < -0.3 is 10.6 Å². The molecular formula is C17H33N3O. The summed E-state index contributed by atoms with van der Waals surface area (Å²) in [4.78, 5) is 17.4. The zero-order valence-corrected chi connectivity index (χ0v) is 14.2. The number of nitrogens with zero attached hydrogens (tertiary/aromatic N) is 2. The molecule has 0 spiro atoms. The molecule has 0 aromatic rings. The maximum atomic E-state index is 12.9. The Balaban J connectivity index is 1.95. The first kappa shape index (κ1) is 16.8. The fourth-order valence-electron chi connectivity index (χ4n) is 4.24. The molecule has 2 aliphatic rings. The Morgan fingerprint density at radius 3 is 2.48 bits per heavy atom. The van der Waals surface area contributed by atoms with Gasteiger partial charge in [-0.15, -0.1) is 0 Å². The zero-order valence-electron chi connectivity index (χ0n) is 14.2. The number of nitrogens with two attached hydrogens (primary N) is 1. The second kappa shape index (κ2) is 7.10. The third kappa shape index (κ3) is 3.59. The maximum Gasteiger partial charge on any atom is 0.226 e. The highest BCUT2D eigenvalue weighted by molar-refractivity contribution is 5.79. The first-order valence-corrected chi connectivity index (χ1v) is 8.76. The fourth-order valence-corrected chi connectivity index (χ4v) is 4.24. The Labute approximate surface area is 130 Å². The van der Waals surface area contributed by atoms with Crippen molar-refractivity contribution in [3.63, 3.8) is 0 Å². The molecule has 4 heteroatoms. The van der Waals surface area contributed by atoms with E-state index in [1.807, 2.05) is 0 Å². The minimum Gasteiger partial charge on any atom is -0.341 e. The van der Waals surface area contributed by atoms with Gasteiger partial charge in [0, 0.05) is 31.1 Å². The van der Waals surface area contributed by atoms with Crippen LogP contribution in [-0.2, 0) is 4.79 Å². The highest BCUT2D eigenvalue weighted by Gasteiger charge is 2.39. The van der Waals surface area contributed by atoms with Gasteiger partial charge >= 0.3 is 0 Å². The molecule has 5 unspecified atom stereocenters. The quantitative estimate of drug-likeness (QED) is 0.862. The molecule has 1 aliphatic carbocycles. The number of amides is 1. The van der Waals surface area contributed by atoms with Gasteiger partial charge in [-0.3, -0.25) is 9.69 Å². The molecular weight excluding hydrogens is 262 g/mol. The van der Waals surface area contributed by atoms with Gasteiger partial charge in [-0.1, -0.05) is 27.7 Å². The average molecular weight is 295 g/mol. The minimum absolute atomic E-state index is 0.145. The maximum absolute atomic E-state index is 12.9. The van der Waals surface area contributed by atoms with Crippen LogP contribution in [0.25, 0.3) is 0 Å².